The van der Waals surface area contributed by atoms with Crippen LogP contribution in [0.5, 0.6) is 0 Å². The van der Waals surface area contributed by atoms with Crippen LogP contribution < -0.4 is 10.2 Å². The van der Waals surface area contributed by atoms with Gasteiger partial charge in [-0.1, -0.05) is 25.7 Å². The van der Waals surface area contributed by atoms with Crippen molar-refractivity contribution in [3.05, 3.63) is 12.0 Å². The van der Waals surface area contributed by atoms with E-state index in [-0.39, 0.29) is 0 Å². The molecule has 3 rings (SSSR count). The first-order valence-corrected chi connectivity index (χ1v) is 7.73. The van der Waals surface area contributed by atoms with Gasteiger partial charge in [0.2, 0.25) is 0 Å². The molecule has 0 amide bonds. The van der Waals surface area contributed by atoms with E-state index in [4.69, 9.17) is 4.42 Å². The quantitative estimate of drug-likeness (QED) is 0.829. The molecule has 2 aliphatic carbocycles. The van der Waals surface area contributed by atoms with Gasteiger partial charge in [0.1, 0.15) is 6.26 Å². The van der Waals surface area contributed by atoms with Crippen LogP contribution in [-0.2, 0) is 6.54 Å². The number of oxazole rings is 1. The Morgan fingerprint density at radius 3 is 2.63 bits per heavy atom. The molecule has 4 heteroatoms. The summed E-state index contributed by atoms with van der Waals surface area (Å²) >= 11 is 0. The first-order valence-electron chi connectivity index (χ1n) is 7.73. The molecule has 0 atom stereocenters. The molecule has 0 spiro atoms. The summed E-state index contributed by atoms with van der Waals surface area (Å²) in [6, 6.07) is 2.12. The maximum absolute atomic E-state index is 5.65. The number of nitrogens with one attached hydrogen (secondary N) is 1. The summed E-state index contributed by atoms with van der Waals surface area (Å²) in [7, 11) is 2.12. The molecule has 1 aromatic rings. The van der Waals surface area contributed by atoms with Gasteiger partial charge < -0.3 is 14.6 Å². The minimum Gasteiger partial charge on any atom is -0.432 e. The van der Waals surface area contributed by atoms with Crippen LogP contribution in [-0.4, -0.2) is 24.1 Å². The van der Waals surface area contributed by atoms with Crippen LogP contribution in [0, 0.1) is 0 Å². The minimum atomic E-state index is 0.602. The molecule has 2 aliphatic rings. The number of hydrogen-bond acceptors (Lipinski definition) is 4. The average molecular weight is 263 g/mol. The molecule has 0 saturated heterocycles. The molecule has 1 aromatic heterocycles. The number of rotatable bonds is 5. The lowest BCUT2D eigenvalue weighted by Crippen LogP contribution is -2.31. The number of aromatic nitrogens is 1. The van der Waals surface area contributed by atoms with Crippen LogP contribution in [0.15, 0.2) is 10.7 Å². The second-order valence-electron chi connectivity index (χ2n) is 6.03. The average Bonchev–Trinajstić information content (AvgIpc) is 3.19. The fraction of sp³-hybridized carbons (Fsp3) is 0.800. The molecular weight excluding hydrogens is 238 g/mol. The monoisotopic (exact) mass is 263 g/mol. The minimum absolute atomic E-state index is 0.602. The predicted octanol–water partition coefficient (Wildman–Crippen LogP) is 3.09. The first-order chi connectivity index (χ1) is 9.33. The summed E-state index contributed by atoms with van der Waals surface area (Å²) in [4.78, 5) is 6.85. The van der Waals surface area contributed by atoms with E-state index >= 15 is 0 Å². The molecular formula is C15H25N3O. The highest BCUT2D eigenvalue weighted by atomic mass is 16.4. The SMILES string of the molecule is CN(c1nc(CNC2CC2)co1)C1CCCCCC1. The van der Waals surface area contributed by atoms with E-state index in [0.717, 1.165) is 24.3 Å². The fourth-order valence-electron chi connectivity index (χ4n) is 2.88. The van der Waals surface area contributed by atoms with Gasteiger partial charge in [-0.25, -0.2) is 0 Å². The van der Waals surface area contributed by atoms with Crippen molar-refractivity contribution in [2.75, 3.05) is 11.9 Å². The normalized spacial score (nSPS) is 21.3. The van der Waals surface area contributed by atoms with Crippen molar-refractivity contribution in [1.82, 2.24) is 10.3 Å². The molecule has 0 radical (unpaired) electrons. The zero-order chi connectivity index (χ0) is 13.1. The summed E-state index contributed by atoms with van der Waals surface area (Å²) in [5.41, 5.74) is 1.03. The van der Waals surface area contributed by atoms with Gasteiger partial charge in [-0.15, -0.1) is 0 Å². The van der Waals surface area contributed by atoms with Crippen molar-refractivity contribution in [3.63, 3.8) is 0 Å². The van der Waals surface area contributed by atoms with Crippen molar-refractivity contribution >= 4 is 6.01 Å². The Morgan fingerprint density at radius 2 is 1.95 bits per heavy atom. The number of anilines is 1. The third-order valence-corrected chi connectivity index (χ3v) is 4.36. The van der Waals surface area contributed by atoms with E-state index < -0.39 is 0 Å². The van der Waals surface area contributed by atoms with Crippen molar-refractivity contribution in [1.29, 1.82) is 0 Å². The van der Waals surface area contributed by atoms with Gasteiger partial charge in [0, 0.05) is 25.7 Å². The second-order valence-corrected chi connectivity index (χ2v) is 6.03. The summed E-state index contributed by atoms with van der Waals surface area (Å²) in [6.45, 7) is 0.840. The molecule has 1 heterocycles. The molecule has 2 saturated carbocycles. The van der Waals surface area contributed by atoms with Gasteiger partial charge in [-0.3, -0.25) is 0 Å². The van der Waals surface area contributed by atoms with Crippen LogP contribution in [0.1, 0.15) is 57.1 Å². The Hall–Kier alpha value is -1.03. The summed E-state index contributed by atoms with van der Waals surface area (Å²) in [5, 5.41) is 3.47. The molecule has 4 nitrogen and oxygen atoms in total. The lowest BCUT2D eigenvalue weighted by atomic mass is 10.1. The molecule has 2 fully saturated rings. The first kappa shape index (κ1) is 13.0. The third-order valence-electron chi connectivity index (χ3n) is 4.36. The van der Waals surface area contributed by atoms with Crippen LogP contribution in [0.2, 0.25) is 0 Å². The zero-order valence-electron chi connectivity index (χ0n) is 11.9. The molecule has 0 aromatic carbocycles. The molecule has 0 aliphatic heterocycles. The van der Waals surface area contributed by atoms with Crippen LogP contribution in [0.4, 0.5) is 6.01 Å². The Balaban J connectivity index is 1.56. The highest BCUT2D eigenvalue weighted by Gasteiger charge is 2.22. The van der Waals surface area contributed by atoms with Gasteiger partial charge >= 0.3 is 0 Å². The van der Waals surface area contributed by atoms with E-state index in [1.807, 2.05) is 0 Å². The largest absolute Gasteiger partial charge is 0.432 e. The molecule has 106 valence electrons. The predicted molar refractivity (Wildman–Crippen MR) is 76.3 cm³/mol. The highest BCUT2D eigenvalue weighted by Crippen LogP contribution is 2.25. The third kappa shape index (κ3) is 3.50. The number of nitrogens with zero attached hydrogens (tertiary/aromatic N) is 2. The Labute approximate surface area is 115 Å². The molecule has 19 heavy (non-hydrogen) atoms. The Morgan fingerprint density at radius 1 is 1.21 bits per heavy atom. The highest BCUT2D eigenvalue weighted by molar-refractivity contribution is 5.27. The van der Waals surface area contributed by atoms with E-state index in [1.54, 1.807) is 6.26 Å². The maximum atomic E-state index is 5.65. The van der Waals surface area contributed by atoms with Gasteiger partial charge in [0.05, 0.1) is 5.69 Å². The standard InChI is InChI=1S/C15H25N3O/c1-18(14-6-4-2-3-5-7-14)15-17-13(11-19-15)10-16-12-8-9-12/h11-12,14,16H,2-10H2,1H3. The van der Waals surface area contributed by atoms with Crippen LogP contribution in [0.25, 0.3) is 0 Å². The maximum Gasteiger partial charge on any atom is 0.297 e. The smallest absolute Gasteiger partial charge is 0.297 e. The molecule has 0 bridgehead atoms. The Kier molecular flexibility index (Phi) is 4.06. The summed E-state index contributed by atoms with van der Waals surface area (Å²) in [6.07, 6.45) is 12.4. The van der Waals surface area contributed by atoms with Crippen LogP contribution in [0.3, 0.4) is 0 Å². The van der Waals surface area contributed by atoms with Crippen molar-refractivity contribution in [2.45, 2.75) is 70.0 Å². The Bertz CT molecular complexity index is 392. The van der Waals surface area contributed by atoms with Gasteiger partial charge in [0.25, 0.3) is 6.01 Å². The van der Waals surface area contributed by atoms with Gasteiger partial charge in [0.15, 0.2) is 0 Å². The topological polar surface area (TPSA) is 41.3 Å². The fourth-order valence-corrected chi connectivity index (χ4v) is 2.88. The van der Waals surface area contributed by atoms with Crippen molar-refractivity contribution in [3.8, 4) is 0 Å². The van der Waals surface area contributed by atoms with Crippen molar-refractivity contribution in [2.24, 2.45) is 0 Å². The van der Waals surface area contributed by atoms with E-state index in [0.29, 0.717) is 6.04 Å². The zero-order valence-corrected chi connectivity index (χ0v) is 11.9. The molecule has 0 unspecified atom stereocenters. The van der Waals surface area contributed by atoms with Crippen LogP contribution >= 0.6 is 0 Å². The molecule has 1 N–H and O–H groups in total. The van der Waals surface area contributed by atoms with Gasteiger partial charge in [-0.05, 0) is 25.7 Å². The van der Waals surface area contributed by atoms with E-state index in [1.165, 1.54) is 51.4 Å². The summed E-state index contributed by atoms with van der Waals surface area (Å²) in [5.74, 6) is 0. The lowest BCUT2D eigenvalue weighted by Gasteiger charge is -2.25. The van der Waals surface area contributed by atoms with Gasteiger partial charge in [-0.2, -0.15) is 4.98 Å². The second kappa shape index (κ2) is 5.95. The van der Waals surface area contributed by atoms with E-state index in [2.05, 4.69) is 22.2 Å². The van der Waals surface area contributed by atoms with Crippen molar-refractivity contribution < 1.29 is 4.42 Å². The number of hydrogen-bond donors (Lipinski definition) is 1. The van der Waals surface area contributed by atoms with E-state index in [9.17, 15) is 0 Å². The summed E-state index contributed by atoms with van der Waals surface area (Å²) < 4.78 is 5.65. The lowest BCUT2D eigenvalue weighted by molar-refractivity contribution is 0.481.